The minimum absolute atomic E-state index is 0.0208. The van der Waals surface area contributed by atoms with E-state index in [1.54, 1.807) is 0 Å². The molecule has 2 aliphatic heterocycles. The number of alkyl halides is 1. The van der Waals surface area contributed by atoms with Gasteiger partial charge in [-0.1, -0.05) is 0 Å². The van der Waals surface area contributed by atoms with Crippen LogP contribution in [0.2, 0.25) is 0 Å². The van der Waals surface area contributed by atoms with Crippen LogP contribution in [-0.2, 0) is 14.3 Å². The van der Waals surface area contributed by atoms with Gasteiger partial charge in [0.1, 0.15) is 25.1 Å². The van der Waals surface area contributed by atoms with Crippen LogP contribution < -0.4 is 21.7 Å². The molecule has 19 heavy (non-hydrogen) atoms. The van der Waals surface area contributed by atoms with Crippen molar-refractivity contribution in [1.29, 1.82) is 0 Å². The molecule has 4 atom stereocenters. The smallest absolute Gasteiger partial charge is 0.302 e. The molecular formula is C10H20ClN5O3. The zero-order chi connectivity index (χ0) is 13.8. The molecule has 4 unspecified atom stereocenters. The molecule has 5 N–H and O–H groups in total. The molecule has 0 aliphatic carbocycles. The highest BCUT2D eigenvalue weighted by Gasteiger charge is 2.42. The van der Waals surface area contributed by atoms with Crippen molar-refractivity contribution in [3.8, 4) is 0 Å². The Balaban J connectivity index is 1.71. The van der Waals surface area contributed by atoms with Gasteiger partial charge in [0.05, 0.1) is 25.5 Å². The van der Waals surface area contributed by atoms with Crippen molar-refractivity contribution in [1.82, 2.24) is 20.9 Å². The van der Waals surface area contributed by atoms with E-state index in [0.717, 1.165) is 0 Å². The summed E-state index contributed by atoms with van der Waals surface area (Å²) in [5.74, 6) is -0.303. The molecule has 0 aromatic heterocycles. The van der Waals surface area contributed by atoms with Crippen LogP contribution in [0.1, 0.15) is 6.92 Å². The second-order valence-corrected chi connectivity index (χ2v) is 4.98. The maximum Gasteiger partial charge on any atom is 0.302 e. The van der Waals surface area contributed by atoms with Crippen molar-refractivity contribution in [3.05, 3.63) is 0 Å². The summed E-state index contributed by atoms with van der Waals surface area (Å²) in [6.07, 6.45) is -0.320. The summed E-state index contributed by atoms with van der Waals surface area (Å²) in [5.41, 5.74) is 5.56. The number of hydrogen-bond acceptors (Lipinski definition) is 8. The maximum absolute atomic E-state index is 10.6. The molecule has 9 heteroatoms. The Kier molecular flexibility index (Phi) is 5.34. The van der Waals surface area contributed by atoms with Crippen molar-refractivity contribution >= 4 is 17.6 Å². The van der Waals surface area contributed by atoms with E-state index in [1.807, 2.05) is 0 Å². The third-order valence-corrected chi connectivity index (χ3v) is 3.46. The fourth-order valence-corrected chi connectivity index (χ4v) is 2.55. The van der Waals surface area contributed by atoms with Gasteiger partial charge in [-0.05, 0) is 0 Å². The van der Waals surface area contributed by atoms with Crippen molar-refractivity contribution in [3.63, 3.8) is 0 Å². The highest BCUT2D eigenvalue weighted by Crippen LogP contribution is 2.18. The molecular weight excluding hydrogens is 274 g/mol. The highest BCUT2D eigenvalue weighted by atomic mass is 35.5. The predicted molar refractivity (Wildman–Crippen MR) is 68.8 cm³/mol. The normalized spacial score (nSPS) is 35.1. The van der Waals surface area contributed by atoms with Crippen LogP contribution in [0.4, 0.5) is 0 Å². The van der Waals surface area contributed by atoms with E-state index in [1.165, 1.54) is 6.92 Å². The zero-order valence-corrected chi connectivity index (χ0v) is 11.5. The minimum atomic E-state index is -0.341. The molecule has 2 rings (SSSR count). The van der Waals surface area contributed by atoms with Crippen LogP contribution in [0.25, 0.3) is 0 Å². The first-order valence-corrected chi connectivity index (χ1v) is 6.62. The summed E-state index contributed by atoms with van der Waals surface area (Å²) in [5, 5.41) is 9.49. The lowest BCUT2D eigenvalue weighted by Gasteiger charge is -2.38. The minimum Gasteiger partial charge on any atom is -0.463 e. The number of fused-ring (bicyclic) bond motifs is 1. The topological polar surface area (TPSA) is 101 Å². The number of halogens is 1. The Morgan fingerprint density at radius 2 is 2.26 bits per heavy atom. The molecule has 0 spiro atoms. The average molecular weight is 294 g/mol. The molecule has 0 bridgehead atoms. The van der Waals surface area contributed by atoms with Gasteiger partial charge in [0.2, 0.25) is 0 Å². The Labute approximate surface area is 116 Å². The highest BCUT2D eigenvalue weighted by molar-refractivity contribution is 6.21. The quantitative estimate of drug-likeness (QED) is 0.201. The lowest BCUT2D eigenvalue weighted by molar-refractivity contribution is -0.143. The third kappa shape index (κ3) is 3.99. The second kappa shape index (κ2) is 6.80. The third-order valence-electron chi connectivity index (χ3n) is 3.06. The van der Waals surface area contributed by atoms with Crippen LogP contribution in [0.3, 0.4) is 0 Å². The molecule has 2 aliphatic rings. The summed E-state index contributed by atoms with van der Waals surface area (Å²) < 4.78 is 10.2. The van der Waals surface area contributed by atoms with E-state index in [0.29, 0.717) is 20.0 Å². The average Bonchev–Trinajstić information content (AvgIpc) is 2.72. The second-order valence-electron chi connectivity index (χ2n) is 4.51. The zero-order valence-electron chi connectivity index (χ0n) is 10.8. The van der Waals surface area contributed by atoms with Gasteiger partial charge in [0, 0.05) is 6.92 Å². The first-order valence-electron chi connectivity index (χ1n) is 6.18. The number of nitrogens with one attached hydrogen (secondary N) is 3. The molecule has 0 aromatic rings. The van der Waals surface area contributed by atoms with E-state index in [9.17, 15) is 4.79 Å². The van der Waals surface area contributed by atoms with Crippen LogP contribution in [-0.4, -0.2) is 61.5 Å². The summed E-state index contributed by atoms with van der Waals surface area (Å²) in [4.78, 5) is 12.6. The van der Waals surface area contributed by atoms with Gasteiger partial charge in [-0.25, -0.2) is 0 Å². The summed E-state index contributed by atoms with van der Waals surface area (Å²) in [7, 11) is 0. The van der Waals surface area contributed by atoms with Gasteiger partial charge in [0.15, 0.2) is 0 Å². The van der Waals surface area contributed by atoms with Crippen LogP contribution >= 0.6 is 11.6 Å². The number of nitrogens with zero attached hydrogens (tertiary/aromatic N) is 1. The fraction of sp³-hybridized carbons (Fsp3) is 0.900. The van der Waals surface area contributed by atoms with E-state index in [4.69, 9.17) is 26.8 Å². The molecule has 2 heterocycles. The van der Waals surface area contributed by atoms with E-state index < -0.39 is 0 Å². The monoisotopic (exact) mass is 293 g/mol. The number of hydrogen-bond donors (Lipinski definition) is 4. The van der Waals surface area contributed by atoms with Crippen molar-refractivity contribution in [2.75, 3.05) is 26.6 Å². The number of ether oxygens (including phenoxy) is 2. The molecule has 0 amide bonds. The van der Waals surface area contributed by atoms with Crippen LogP contribution in [0.5, 0.6) is 0 Å². The first kappa shape index (κ1) is 14.9. The molecule has 2 saturated heterocycles. The Morgan fingerprint density at radius 1 is 1.47 bits per heavy atom. The first-order chi connectivity index (χ1) is 9.08. The Morgan fingerprint density at radius 3 is 3.00 bits per heavy atom. The van der Waals surface area contributed by atoms with Crippen LogP contribution in [0, 0.1) is 0 Å². The number of rotatable bonds is 5. The van der Waals surface area contributed by atoms with Crippen molar-refractivity contribution < 1.29 is 14.3 Å². The van der Waals surface area contributed by atoms with Gasteiger partial charge in [-0.2, -0.15) is 0 Å². The van der Waals surface area contributed by atoms with E-state index in [-0.39, 0.29) is 36.6 Å². The van der Waals surface area contributed by atoms with Gasteiger partial charge in [-0.3, -0.25) is 25.6 Å². The Hall–Kier alpha value is -0.480. The maximum atomic E-state index is 10.6. The van der Waals surface area contributed by atoms with E-state index in [2.05, 4.69) is 20.9 Å². The van der Waals surface area contributed by atoms with Crippen molar-refractivity contribution in [2.45, 2.75) is 30.9 Å². The predicted octanol–water partition coefficient (Wildman–Crippen LogP) is -1.92. The molecule has 0 saturated carbocycles. The largest absolute Gasteiger partial charge is 0.463 e. The van der Waals surface area contributed by atoms with Gasteiger partial charge in [-0.15, -0.1) is 11.6 Å². The van der Waals surface area contributed by atoms with Gasteiger partial charge >= 0.3 is 5.97 Å². The lowest BCUT2D eigenvalue weighted by Crippen LogP contribution is -2.70. The van der Waals surface area contributed by atoms with Crippen LogP contribution in [0.15, 0.2) is 0 Å². The number of esters is 1. The van der Waals surface area contributed by atoms with Gasteiger partial charge in [0.25, 0.3) is 0 Å². The lowest BCUT2D eigenvalue weighted by atomic mass is 10.2. The van der Waals surface area contributed by atoms with Gasteiger partial charge < -0.3 is 15.2 Å². The summed E-state index contributed by atoms with van der Waals surface area (Å²) in [6, 6.07) is 0.0681. The SMILES string of the molecule is CC(=O)OCCOCN1CNC2C(Cl)NC(N)NC21. The van der Waals surface area contributed by atoms with Crippen molar-refractivity contribution in [2.24, 2.45) is 5.73 Å². The summed E-state index contributed by atoms with van der Waals surface area (Å²) >= 11 is 6.18. The number of carbonyl (C=O) groups is 1. The van der Waals surface area contributed by atoms with E-state index >= 15 is 0 Å². The summed E-state index contributed by atoms with van der Waals surface area (Å²) in [6.45, 7) is 3.07. The Bertz CT molecular complexity index is 322. The molecule has 110 valence electrons. The standard InChI is InChI=1S/C10H20ClN5O3/c1-6(17)19-3-2-18-5-16-4-13-7-8(11)14-10(12)15-9(7)16/h7-10,13-15H,2-5,12H2,1H3. The number of nitrogens with two attached hydrogens (primary N) is 1. The molecule has 8 nitrogen and oxygen atoms in total. The molecule has 0 radical (unpaired) electrons. The number of carbonyl (C=O) groups excluding carboxylic acids is 1. The fourth-order valence-electron chi connectivity index (χ4n) is 2.19. The molecule has 0 aromatic carbocycles. The molecule has 2 fully saturated rings.